The number of aliphatic hydroxyl groups excluding tert-OH is 1. The molecule has 1 aliphatic rings. The summed E-state index contributed by atoms with van der Waals surface area (Å²) in [5.74, 6) is -0.331. The Morgan fingerprint density at radius 3 is 2.80 bits per heavy atom. The Morgan fingerprint density at radius 1 is 1.36 bits per heavy atom. The fraction of sp³-hybridized carbons (Fsp3) is 0.421. The van der Waals surface area contributed by atoms with Gasteiger partial charge in [0.2, 0.25) is 12.0 Å². The maximum absolute atomic E-state index is 12.2. The van der Waals surface area contributed by atoms with Crippen molar-refractivity contribution in [3.8, 4) is 0 Å². The molecule has 0 amide bonds. The predicted molar refractivity (Wildman–Crippen MR) is 103 cm³/mol. The Labute approximate surface area is 161 Å². The fourth-order valence-corrected chi connectivity index (χ4v) is 2.84. The molecule has 2 rings (SSSR count). The molecule has 6 heteroatoms. The molecule has 136 valence electrons. The van der Waals surface area contributed by atoms with Gasteiger partial charge in [-0.15, -0.1) is 0 Å². The highest BCUT2D eigenvalue weighted by Gasteiger charge is 2.29. The van der Waals surface area contributed by atoms with Gasteiger partial charge >= 0.3 is 5.97 Å². The number of hydrogen-bond donors (Lipinski definition) is 1. The topological polar surface area (TPSA) is 65.0 Å². The summed E-state index contributed by atoms with van der Waals surface area (Å²) in [4.78, 5) is 12.2. The van der Waals surface area contributed by atoms with E-state index in [1.165, 1.54) is 6.08 Å². The van der Waals surface area contributed by atoms with E-state index in [0.29, 0.717) is 19.4 Å². The molecular formula is C19H23IO5. The van der Waals surface area contributed by atoms with Crippen molar-refractivity contribution in [2.24, 2.45) is 0 Å². The third-order valence-electron chi connectivity index (χ3n) is 3.75. The maximum Gasteiger partial charge on any atom is 0.373 e. The van der Waals surface area contributed by atoms with Crippen LogP contribution >= 0.6 is 22.6 Å². The predicted octanol–water partition coefficient (Wildman–Crippen LogP) is 3.52. The number of rotatable bonds is 9. The molecule has 0 unspecified atom stereocenters. The van der Waals surface area contributed by atoms with Crippen LogP contribution in [0.25, 0.3) is 0 Å². The lowest BCUT2D eigenvalue weighted by Crippen LogP contribution is -2.28. The Balaban J connectivity index is 2.10. The first-order valence-electron chi connectivity index (χ1n) is 8.28. The smallest absolute Gasteiger partial charge is 0.373 e. The van der Waals surface area contributed by atoms with Gasteiger partial charge in [-0.25, -0.2) is 4.79 Å². The number of ether oxygens (including phenoxy) is 3. The molecule has 0 saturated carbocycles. The molecule has 25 heavy (non-hydrogen) atoms. The molecule has 5 nitrogen and oxygen atoms in total. The second-order valence-electron chi connectivity index (χ2n) is 5.66. The summed E-state index contributed by atoms with van der Waals surface area (Å²) in [5.41, 5.74) is 1.10. The second kappa shape index (κ2) is 10.6. The third kappa shape index (κ3) is 6.45. The summed E-state index contributed by atoms with van der Waals surface area (Å²) in [6.07, 6.45) is 4.83. The molecule has 0 aliphatic carbocycles. The number of unbranched alkanes of at least 4 members (excludes halogenated alkanes) is 1. The molecule has 0 fully saturated rings. The van der Waals surface area contributed by atoms with Crippen LogP contribution in [0.15, 0.2) is 48.8 Å². The van der Waals surface area contributed by atoms with Crippen molar-refractivity contribution in [2.45, 2.75) is 31.5 Å². The van der Waals surface area contributed by atoms with E-state index in [-0.39, 0.29) is 24.9 Å². The molecule has 0 spiro atoms. The van der Waals surface area contributed by atoms with Crippen LogP contribution in [-0.4, -0.2) is 37.2 Å². The van der Waals surface area contributed by atoms with Crippen LogP contribution in [0.1, 0.15) is 30.7 Å². The highest BCUT2D eigenvalue weighted by Crippen LogP contribution is 2.32. The molecule has 1 heterocycles. The number of carbonyl (C=O) groups is 1. The number of hydrogen-bond acceptors (Lipinski definition) is 5. The fourth-order valence-electron chi connectivity index (χ4n) is 2.48. The number of allylic oxidation sites excluding steroid dienone is 1. The minimum atomic E-state index is -0.515. The third-order valence-corrected chi connectivity index (χ3v) is 4.46. The van der Waals surface area contributed by atoms with E-state index < -0.39 is 12.3 Å². The Bertz CT molecular complexity index is 596. The van der Waals surface area contributed by atoms with Crippen LogP contribution in [0.3, 0.4) is 0 Å². The molecule has 0 saturated heterocycles. The first-order chi connectivity index (χ1) is 12.1. The average Bonchev–Trinajstić information content (AvgIpc) is 2.63. The van der Waals surface area contributed by atoms with Crippen molar-refractivity contribution >= 4 is 28.6 Å². The van der Waals surface area contributed by atoms with Gasteiger partial charge < -0.3 is 19.3 Å². The van der Waals surface area contributed by atoms with Crippen molar-refractivity contribution in [1.29, 1.82) is 0 Å². The minimum absolute atomic E-state index is 0.0138. The Kier molecular flexibility index (Phi) is 8.43. The zero-order valence-corrected chi connectivity index (χ0v) is 16.2. The van der Waals surface area contributed by atoms with E-state index in [9.17, 15) is 4.79 Å². The lowest BCUT2D eigenvalue weighted by Gasteiger charge is -2.29. The number of aliphatic hydroxyl groups is 1. The van der Waals surface area contributed by atoms with Crippen LogP contribution in [0.5, 0.6) is 0 Å². The lowest BCUT2D eigenvalue weighted by atomic mass is 9.93. The molecule has 1 aromatic carbocycles. The van der Waals surface area contributed by atoms with Crippen LogP contribution in [-0.2, 0) is 19.0 Å². The minimum Gasteiger partial charge on any atom is -0.458 e. The summed E-state index contributed by atoms with van der Waals surface area (Å²) >= 11 is 2.26. The summed E-state index contributed by atoms with van der Waals surface area (Å²) in [5, 5.41) is 8.85. The normalized spacial score (nSPS) is 19.7. The van der Waals surface area contributed by atoms with Gasteiger partial charge in [0.15, 0.2) is 0 Å². The molecule has 1 N–H and O–H groups in total. The first kappa shape index (κ1) is 19.9. The van der Waals surface area contributed by atoms with Crippen LogP contribution in [0.2, 0.25) is 0 Å². The van der Waals surface area contributed by atoms with E-state index in [1.807, 2.05) is 24.3 Å². The number of halogens is 1. The van der Waals surface area contributed by atoms with Crippen LogP contribution in [0.4, 0.5) is 0 Å². The molecular weight excluding hydrogens is 435 g/mol. The Morgan fingerprint density at radius 2 is 2.12 bits per heavy atom. The van der Waals surface area contributed by atoms with E-state index in [1.54, 1.807) is 6.08 Å². The average molecular weight is 458 g/mol. The van der Waals surface area contributed by atoms with E-state index in [4.69, 9.17) is 19.3 Å². The molecule has 1 aliphatic heterocycles. The summed E-state index contributed by atoms with van der Waals surface area (Å²) in [7, 11) is 0. The van der Waals surface area contributed by atoms with Gasteiger partial charge in [0.1, 0.15) is 6.61 Å². The quantitative estimate of drug-likeness (QED) is 0.266. The highest BCUT2D eigenvalue weighted by atomic mass is 127. The Hall–Kier alpha value is -1.38. The zero-order chi connectivity index (χ0) is 18.1. The number of carbonyl (C=O) groups excluding carboxylic acids is 1. The SMILES string of the molecule is C=CCOC(=O)C1=C[C@H](c2ccc(I)cc2)C[C@H](OCCCCO)O1. The molecule has 0 aromatic heterocycles. The van der Waals surface area contributed by atoms with Gasteiger partial charge in [0, 0.05) is 22.5 Å². The molecule has 1 aromatic rings. The van der Waals surface area contributed by atoms with Gasteiger partial charge in [-0.2, -0.15) is 0 Å². The number of esters is 1. The van der Waals surface area contributed by atoms with Crippen molar-refractivity contribution < 1.29 is 24.1 Å². The summed E-state index contributed by atoms with van der Waals surface area (Å²) < 4.78 is 17.6. The largest absolute Gasteiger partial charge is 0.458 e. The number of benzene rings is 1. The van der Waals surface area contributed by atoms with Gasteiger partial charge in [0.25, 0.3) is 0 Å². The van der Waals surface area contributed by atoms with Gasteiger partial charge in [0.05, 0.1) is 6.61 Å². The second-order valence-corrected chi connectivity index (χ2v) is 6.91. The van der Waals surface area contributed by atoms with Gasteiger partial charge in [-0.3, -0.25) is 0 Å². The van der Waals surface area contributed by atoms with Gasteiger partial charge in [-0.1, -0.05) is 24.8 Å². The lowest BCUT2D eigenvalue weighted by molar-refractivity contribution is -0.160. The van der Waals surface area contributed by atoms with E-state index in [2.05, 4.69) is 29.2 Å². The maximum atomic E-state index is 12.2. The highest BCUT2D eigenvalue weighted by molar-refractivity contribution is 14.1. The molecule has 2 atom stereocenters. The van der Waals surface area contributed by atoms with Crippen LogP contribution < -0.4 is 0 Å². The van der Waals surface area contributed by atoms with Crippen molar-refractivity contribution in [3.05, 3.63) is 57.9 Å². The van der Waals surface area contributed by atoms with Gasteiger partial charge in [-0.05, 0) is 59.2 Å². The van der Waals surface area contributed by atoms with E-state index in [0.717, 1.165) is 15.6 Å². The van der Waals surface area contributed by atoms with Crippen molar-refractivity contribution in [3.63, 3.8) is 0 Å². The van der Waals surface area contributed by atoms with Crippen molar-refractivity contribution in [2.75, 3.05) is 19.8 Å². The molecule has 0 radical (unpaired) electrons. The standard InChI is InChI=1S/C19H23IO5/c1-2-10-24-19(22)17-12-15(14-5-7-16(20)8-6-14)13-18(25-17)23-11-4-3-9-21/h2,5-8,12,15,18,21H,1,3-4,9-11,13H2/t15-,18+/m0/s1. The molecule has 0 bridgehead atoms. The zero-order valence-electron chi connectivity index (χ0n) is 14.0. The van der Waals surface area contributed by atoms with Crippen molar-refractivity contribution in [1.82, 2.24) is 0 Å². The van der Waals surface area contributed by atoms with Crippen LogP contribution in [0, 0.1) is 3.57 Å². The van der Waals surface area contributed by atoms with E-state index >= 15 is 0 Å². The summed E-state index contributed by atoms with van der Waals surface area (Å²) in [6.45, 7) is 4.28. The monoisotopic (exact) mass is 458 g/mol. The first-order valence-corrected chi connectivity index (χ1v) is 9.36. The summed E-state index contributed by atoms with van der Waals surface area (Å²) in [6, 6.07) is 8.16.